The van der Waals surface area contributed by atoms with Crippen LogP contribution in [0.15, 0.2) is 0 Å². The molecule has 0 aromatic rings. The first-order chi connectivity index (χ1) is 7.97. The minimum absolute atomic E-state index is 0.149. The van der Waals surface area contributed by atoms with Crippen LogP contribution >= 0.6 is 0 Å². The number of aliphatic carboxylic acids is 1. The molecule has 3 N–H and O–H groups in total. The predicted octanol–water partition coefficient (Wildman–Crippen LogP) is 2.04. The summed E-state index contributed by atoms with van der Waals surface area (Å²) in [6, 6.07) is 0. The smallest absolute Gasteiger partial charge is 0.306 e. The highest BCUT2D eigenvalue weighted by atomic mass is 16.4. The van der Waals surface area contributed by atoms with Crippen LogP contribution in [0.3, 0.4) is 0 Å². The first-order valence-electron chi connectivity index (χ1n) is 6.49. The Balaban J connectivity index is 3.74. The molecule has 0 aliphatic carbocycles. The molecule has 2 unspecified atom stereocenters. The Labute approximate surface area is 104 Å². The number of rotatable bonds is 10. The van der Waals surface area contributed by atoms with Crippen molar-refractivity contribution in [1.29, 1.82) is 0 Å². The normalized spacial score (nSPS) is 14.9. The van der Waals surface area contributed by atoms with Gasteiger partial charge in [-0.3, -0.25) is 4.79 Å². The monoisotopic (exact) mass is 246 g/mol. The number of carboxylic acid groups (broad SMARTS) is 1. The van der Waals surface area contributed by atoms with Crippen molar-refractivity contribution in [3.8, 4) is 0 Å². The number of carboxylic acids is 1. The van der Waals surface area contributed by atoms with E-state index in [0.29, 0.717) is 12.3 Å². The molecule has 0 saturated heterocycles. The SMILES string of the molecule is CC(C)CCCCCC(CC(O)CO)C(=O)O. The average Bonchev–Trinajstić information content (AvgIpc) is 2.26. The van der Waals surface area contributed by atoms with E-state index < -0.39 is 18.0 Å². The van der Waals surface area contributed by atoms with E-state index in [9.17, 15) is 9.90 Å². The third kappa shape index (κ3) is 9.12. The van der Waals surface area contributed by atoms with Crippen molar-refractivity contribution in [1.82, 2.24) is 0 Å². The summed E-state index contributed by atoms with van der Waals surface area (Å²) in [5.41, 5.74) is 0. The molecule has 0 aromatic carbocycles. The quantitative estimate of drug-likeness (QED) is 0.515. The van der Waals surface area contributed by atoms with E-state index in [-0.39, 0.29) is 13.0 Å². The first kappa shape index (κ1) is 16.4. The highest BCUT2D eigenvalue weighted by Gasteiger charge is 2.20. The van der Waals surface area contributed by atoms with Gasteiger partial charge in [0.25, 0.3) is 0 Å². The van der Waals surface area contributed by atoms with Gasteiger partial charge in [-0.05, 0) is 18.8 Å². The Morgan fingerprint density at radius 2 is 1.71 bits per heavy atom. The molecule has 0 aliphatic rings. The predicted molar refractivity (Wildman–Crippen MR) is 66.8 cm³/mol. The average molecular weight is 246 g/mol. The van der Waals surface area contributed by atoms with E-state index >= 15 is 0 Å². The zero-order valence-corrected chi connectivity index (χ0v) is 10.9. The summed E-state index contributed by atoms with van der Waals surface area (Å²) in [6.45, 7) is 3.99. The summed E-state index contributed by atoms with van der Waals surface area (Å²) >= 11 is 0. The number of unbranched alkanes of at least 4 members (excludes halogenated alkanes) is 2. The van der Waals surface area contributed by atoms with Crippen LogP contribution in [-0.2, 0) is 4.79 Å². The second-order valence-corrected chi connectivity index (χ2v) is 5.14. The van der Waals surface area contributed by atoms with Crippen molar-refractivity contribution in [2.45, 2.75) is 58.5 Å². The number of aliphatic hydroxyl groups is 2. The molecule has 0 fully saturated rings. The molecule has 0 aromatic heterocycles. The van der Waals surface area contributed by atoms with Crippen LogP contribution < -0.4 is 0 Å². The van der Waals surface area contributed by atoms with Crippen molar-refractivity contribution < 1.29 is 20.1 Å². The van der Waals surface area contributed by atoms with Crippen LogP contribution in [0.5, 0.6) is 0 Å². The van der Waals surface area contributed by atoms with E-state index in [0.717, 1.165) is 19.3 Å². The summed E-state index contributed by atoms with van der Waals surface area (Å²) in [6.07, 6.45) is 4.05. The van der Waals surface area contributed by atoms with Crippen molar-refractivity contribution >= 4 is 5.97 Å². The Bertz CT molecular complexity index is 204. The van der Waals surface area contributed by atoms with Crippen LogP contribution in [-0.4, -0.2) is 34.0 Å². The Morgan fingerprint density at radius 3 is 2.18 bits per heavy atom. The maximum Gasteiger partial charge on any atom is 0.306 e. The molecular formula is C13H26O4. The van der Waals surface area contributed by atoms with Crippen molar-refractivity contribution in [3.05, 3.63) is 0 Å². The summed E-state index contributed by atoms with van der Waals surface area (Å²) in [4.78, 5) is 10.9. The van der Waals surface area contributed by atoms with Gasteiger partial charge in [0.15, 0.2) is 0 Å². The van der Waals surface area contributed by atoms with E-state index in [2.05, 4.69) is 13.8 Å². The fourth-order valence-corrected chi connectivity index (χ4v) is 1.87. The largest absolute Gasteiger partial charge is 0.481 e. The molecule has 0 aliphatic heterocycles. The Morgan fingerprint density at radius 1 is 1.12 bits per heavy atom. The zero-order valence-electron chi connectivity index (χ0n) is 10.9. The number of hydrogen-bond donors (Lipinski definition) is 3. The third-order valence-electron chi connectivity index (χ3n) is 2.95. The van der Waals surface area contributed by atoms with E-state index in [1.165, 1.54) is 6.42 Å². The van der Waals surface area contributed by atoms with Gasteiger partial charge in [-0.15, -0.1) is 0 Å². The molecule has 0 radical (unpaired) electrons. The van der Waals surface area contributed by atoms with Gasteiger partial charge < -0.3 is 15.3 Å². The minimum Gasteiger partial charge on any atom is -0.481 e. The molecule has 0 bridgehead atoms. The van der Waals surface area contributed by atoms with Crippen LogP contribution in [0.2, 0.25) is 0 Å². The van der Waals surface area contributed by atoms with Crippen LogP contribution in [0.25, 0.3) is 0 Å². The van der Waals surface area contributed by atoms with E-state index in [1.54, 1.807) is 0 Å². The molecular weight excluding hydrogens is 220 g/mol. The molecule has 0 rings (SSSR count). The molecule has 0 heterocycles. The summed E-state index contributed by atoms with van der Waals surface area (Å²) in [5, 5.41) is 26.9. The fraction of sp³-hybridized carbons (Fsp3) is 0.923. The van der Waals surface area contributed by atoms with Gasteiger partial charge in [0.05, 0.1) is 18.6 Å². The lowest BCUT2D eigenvalue weighted by Crippen LogP contribution is -2.23. The van der Waals surface area contributed by atoms with Crippen LogP contribution in [0.1, 0.15) is 52.4 Å². The molecule has 0 amide bonds. The molecule has 2 atom stereocenters. The number of carbonyl (C=O) groups is 1. The lowest BCUT2D eigenvalue weighted by Gasteiger charge is -2.15. The van der Waals surface area contributed by atoms with Crippen LogP contribution in [0.4, 0.5) is 0 Å². The van der Waals surface area contributed by atoms with Crippen molar-refractivity contribution in [2.24, 2.45) is 11.8 Å². The summed E-state index contributed by atoms with van der Waals surface area (Å²) in [7, 11) is 0. The van der Waals surface area contributed by atoms with Gasteiger partial charge in [0.1, 0.15) is 0 Å². The lowest BCUT2D eigenvalue weighted by atomic mass is 9.94. The van der Waals surface area contributed by atoms with Gasteiger partial charge in [-0.1, -0.05) is 39.5 Å². The Hall–Kier alpha value is -0.610. The molecule has 102 valence electrons. The van der Waals surface area contributed by atoms with Crippen molar-refractivity contribution in [3.63, 3.8) is 0 Å². The molecule has 0 spiro atoms. The number of hydrogen-bond acceptors (Lipinski definition) is 3. The second kappa shape index (κ2) is 9.42. The van der Waals surface area contributed by atoms with Gasteiger partial charge in [-0.25, -0.2) is 0 Å². The van der Waals surface area contributed by atoms with Gasteiger partial charge >= 0.3 is 5.97 Å². The Kier molecular flexibility index (Phi) is 9.09. The second-order valence-electron chi connectivity index (χ2n) is 5.14. The third-order valence-corrected chi connectivity index (χ3v) is 2.95. The van der Waals surface area contributed by atoms with Gasteiger partial charge in [0.2, 0.25) is 0 Å². The molecule has 17 heavy (non-hydrogen) atoms. The maximum absolute atomic E-state index is 10.9. The molecule has 0 saturated carbocycles. The standard InChI is InChI=1S/C13H26O4/c1-10(2)6-4-3-5-7-11(13(16)17)8-12(15)9-14/h10-12,14-15H,3-9H2,1-2H3,(H,16,17). The zero-order chi connectivity index (χ0) is 13.3. The number of aliphatic hydroxyl groups excluding tert-OH is 2. The first-order valence-corrected chi connectivity index (χ1v) is 6.49. The highest BCUT2D eigenvalue weighted by molar-refractivity contribution is 5.69. The van der Waals surface area contributed by atoms with Gasteiger partial charge in [0, 0.05) is 0 Å². The minimum atomic E-state index is -0.910. The lowest BCUT2D eigenvalue weighted by molar-refractivity contribution is -0.143. The van der Waals surface area contributed by atoms with E-state index in [1.807, 2.05) is 0 Å². The highest BCUT2D eigenvalue weighted by Crippen LogP contribution is 2.17. The van der Waals surface area contributed by atoms with Crippen molar-refractivity contribution in [2.75, 3.05) is 6.61 Å². The maximum atomic E-state index is 10.9. The van der Waals surface area contributed by atoms with Gasteiger partial charge in [-0.2, -0.15) is 0 Å². The molecule has 4 nitrogen and oxygen atoms in total. The topological polar surface area (TPSA) is 77.8 Å². The van der Waals surface area contributed by atoms with E-state index in [4.69, 9.17) is 10.2 Å². The fourth-order valence-electron chi connectivity index (χ4n) is 1.87. The van der Waals surface area contributed by atoms with Crippen LogP contribution in [0, 0.1) is 11.8 Å². The molecule has 4 heteroatoms. The summed E-state index contributed by atoms with van der Waals surface area (Å²) < 4.78 is 0. The summed E-state index contributed by atoms with van der Waals surface area (Å²) in [5.74, 6) is -0.709.